The first-order valence-corrected chi connectivity index (χ1v) is 10.8. The quantitative estimate of drug-likeness (QED) is 0.751. The average Bonchev–Trinajstić information content (AvgIpc) is 2.73. The van der Waals surface area contributed by atoms with Gasteiger partial charge in [0.2, 0.25) is 5.91 Å². The molecule has 1 aliphatic heterocycles. The first-order chi connectivity index (χ1) is 13.5. The molecule has 0 aliphatic carbocycles. The van der Waals surface area contributed by atoms with Crippen LogP contribution < -0.4 is 5.32 Å². The Morgan fingerprint density at radius 3 is 2.36 bits per heavy atom. The van der Waals surface area contributed by atoms with Crippen molar-refractivity contribution in [3.63, 3.8) is 0 Å². The summed E-state index contributed by atoms with van der Waals surface area (Å²) in [6.07, 6.45) is 1.99. The first-order valence-electron chi connectivity index (χ1n) is 9.23. The van der Waals surface area contributed by atoms with Crippen LogP contribution in [0.5, 0.6) is 0 Å². The van der Waals surface area contributed by atoms with E-state index in [2.05, 4.69) is 10.2 Å². The smallest absolute Gasteiger partial charge is 0.255 e. The molecule has 28 heavy (non-hydrogen) atoms. The van der Waals surface area contributed by atoms with E-state index in [1.165, 1.54) is 0 Å². The highest BCUT2D eigenvalue weighted by molar-refractivity contribution is 7.98. The number of halogens is 1. The van der Waals surface area contributed by atoms with Gasteiger partial charge >= 0.3 is 0 Å². The average molecular weight is 418 g/mol. The Labute approximate surface area is 175 Å². The van der Waals surface area contributed by atoms with E-state index < -0.39 is 0 Å². The molecule has 3 rings (SSSR count). The van der Waals surface area contributed by atoms with Gasteiger partial charge in [0.25, 0.3) is 5.91 Å². The molecule has 1 atom stereocenters. The summed E-state index contributed by atoms with van der Waals surface area (Å²) in [5.41, 5.74) is 1.36. The summed E-state index contributed by atoms with van der Waals surface area (Å²) in [5.74, 6) is -0.0939. The van der Waals surface area contributed by atoms with Crippen LogP contribution in [0.1, 0.15) is 17.3 Å². The highest BCUT2D eigenvalue weighted by Gasteiger charge is 2.28. The minimum Gasteiger partial charge on any atom is -0.336 e. The number of hydrogen-bond donors (Lipinski definition) is 1. The van der Waals surface area contributed by atoms with Gasteiger partial charge in [0.15, 0.2) is 0 Å². The fourth-order valence-corrected chi connectivity index (χ4v) is 4.04. The third-order valence-corrected chi connectivity index (χ3v) is 6.12. The zero-order valence-corrected chi connectivity index (χ0v) is 17.6. The maximum atomic E-state index is 12.7. The molecule has 0 bridgehead atoms. The summed E-state index contributed by atoms with van der Waals surface area (Å²) in [7, 11) is 0. The van der Waals surface area contributed by atoms with E-state index >= 15 is 0 Å². The molecule has 5 nitrogen and oxygen atoms in total. The van der Waals surface area contributed by atoms with Gasteiger partial charge in [-0.05, 0) is 37.4 Å². The van der Waals surface area contributed by atoms with Crippen molar-refractivity contribution in [2.24, 2.45) is 0 Å². The van der Waals surface area contributed by atoms with Crippen molar-refractivity contribution in [2.45, 2.75) is 17.9 Å². The van der Waals surface area contributed by atoms with Crippen LogP contribution in [-0.4, -0.2) is 60.1 Å². The Hall–Kier alpha value is -2.02. The molecular formula is C21H24ClN3O2S. The van der Waals surface area contributed by atoms with Gasteiger partial charge in [0.1, 0.15) is 0 Å². The topological polar surface area (TPSA) is 52.7 Å². The Bertz CT molecular complexity index is 853. The highest BCUT2D eigenvalue weighted by Crippen LogP contribution is 2.25. The van der Waals surface area contributed by atoms with Crippen LogP contribution >= 0.6 is 23.4 Å². The number of carbonyl (C=O) groups excluding carboxylic acids is 2. The molecule has 7 heteroatoms. The van der Waals surface area contributed by atoms with Crippen molar-refractivity contribution in [1.82, 2.24) is 9.80 Å². The highest BCUT2D eigenvalue weighted by atomic mass is 35.5. The summed E-state index contributed by atoms with van der Waals surface area (Å²) in [5, 5.41) is 3.49. The number of nitrogens with one attached hydrogen (secondary N) is 1. The molecule has 1 N–H and O–H groups in total. The molecule has 0 spiro atoms. The normalized spacial score (nSPS) is 15.9. The molecule has 1 heterocycles. The van der Waals surface area contributed by atoms with E-state index in [-0.39, 0.29) is 17.9 Å². The molecule has 0 radical (unpaired) electrons. The second kappa shape index (κ2) is 9.45. The molecule has 1 saturated heterocycles. The molecule has 0 saturated carbocycles. The van der Waals surface area contributed by atoms with Crippen LogP contribution in [0.15, 0.2) is 53.4 Å². The van der Waals surface area contributed by atoms with Gasteiger partial charge in [-0.1, -0.05) is 35.9 Å². The van der Waals surface area contributed by atoms with Crippen LogP contribution in [0.3, 0.4) is 0 Å². The molecule has 1 aliphatic rings. The van der Waals surface area contributed by atoms with Gasteiger partial charge in [-0.25, -0.2) is 0 Å². The molecule has 0 unspecified atom stereocenters. The van der Waals surface area contributed by atoms with E-state index in [1.807, 2.05) is 49.6 Å². The summed E-state index contributed by atoms with van der Waals surface area (Å²) in [4.78, 5) is 30.3. The number of amides is 2. The zero-order chi connectivity index (χ0) is 20.1. The maximum Gasteiger partial charge on any atom is 0.255 e. The lowest BCUT2D eigenvalue weighted by molar-refractivity contribution is -0.121. The van der Waals surface area contributed by atoms with Gasteiger partial charge in [0, 0.05) is 31.1 Å². The first kappa shape index (κ1) is 20.7. The Balaban J connectivity index is 1.57. The second-order valence-corrected chi connectivity index (χ2v) is 7.93. The van der Waals surface area contributed by atoms with Crippen LogP contribution in [0.4, 0.5) is 5.69 Å². The number of piperazine rings is 1. The van der Waals surface area contributed by atoms with E-state index in [0.29, 0.717) is 36.8 Å². The summed E-state index contributed by atoms with van der Waals surface area (Å²) >= 11 is 7.75. The fraction of sp³-hybridized carbons (Fsp3) is 0.333. The maximum absolute atomic E-state index is 12.7. The number of thioether (sulfide) groups is 1. The lowest BCUT2D eigenvalue weighted by Gasteiger charge is -2.37. The Morgan fingerprint density at radius 2 is 1.68 bits per heavy atom. The van der Waals surface area contributed by atoms with Gasteiger partial charge in [-0.15, -0.1) is 11.8 Å². The predicted octanol–water partition coefficient (Wildman–Crippen LogP) is 3.85. The minimum atomic E-state index is -0.271. The number of benzene rings is 2. The van der Waals surface area contributed by atoms with Crippen molar-refractivity contribution in [3.05, 3.63) is 59.1 Å². The summed E-state index contributed by atoms with van der Waals surface area (Å²) in [6, 6.07) is 14.6. The predicted molar refractivity (Wildman–Crippen MR) is 115 cm³/mol. The number of carbonyl (C=O) groups is 2. The van der Waals surface area contributed by atoms with Gasteiger partial charge < -0.3 is 10.2 Å². The summed E-state index contributed by atoms with van der Waals surface area (Å²) < 4.78 is 0. The third-order valence-electron chi connectivity index (χ3n) is 5.00. The molecule has 2 aromatic carbocycles. The monoisotopic (exact) mass is 417 g/mol. The molecule has 2 amide bonds. The minimum absolute atomic E-state index is 0.0348. The number of hydrogen-bond acceptors (Lipinski definition) is 4. The number of para-hydroxylation sites is 1. The number of rotatable bonds is 5. The van der Waals surface area contributed by atoms with Crippen molar-refractivity contribution in [1.29, 1.82) is 0 Å². The summed E-state index contributed by atoms with van der Waals surface area (Å²) in [6.45, 7) is 4.35. The molecule has 0 aromatic heterocycles. The van der Waals surface area contributed by atoms with Crippen molar-refractivity contribution in [2.75, 3.05) is 37.8 Å². The van der Waals surface area contributed by atoms with Crippen LogP contribution in [0.2, 0.25) is 5.02 Å². The second-order valence-electron chi connectivity index (χ2n) is 6.67. The van der Waals surface area contributed by atoms with Crippen LogP contribution in [-0.2, 0) is 4.79 Å². The lowest BCUT2D eigenvalue weighted by atomic mass is 10.1. The van der Waals surface area contributed by atoms with Crippen molar-refractivity contribution >= 4 is 40.9 Å². The zero-order valence-electron chi connectivity index (χ0n) is 16.0. The molecule has 148 valence electrons. The number of anilines is 1. The lowest BCUT2D eigenvalue weighted by Crippen LogP contribution is -2.54. The van der Waals surface area contributed by atoms with Crippen molar-refractivity contribution < 1.29 is 9.59 Å². The van der Waals surface area contributed by atoms with Crippen LogP contribution in [0.25, 0.3) is 0 Å². The van der Waals surface area contributed by atoms with Gasteiger partial charge in [0.05, 0.1) is 22.3 Å². The van der Waals surface area contributed by atoms with E-state index in [4.69, 9.17) is 11.6 Å². The van der Waals surface area contributed by atoms with Gasteiger partial charge in [-0.3, -0.25) is 14.5 Å². The Kier molecular flexibility index (Phi) is 6.99. The molecule has 2 aromatic rings. The van der Waals surface area contributed by atoms with Crippen LogP contribution in [0, 0.1) is 0 Å². The van der Waals surface area contributed by atoms with E-state index in [9.17, 15) is 9.59 Å². The number of nitrogens with zero attached hydrogens (tertiary/aromatic N) is 2. The largest absolute Gasteiger partial charge is 0.336 e. The van der Waals surface area contributed by atoms with E-state index in [1.54, 1.807) is 28.8 Å². The van der Waals surface area contributed by atoms with E-state index in [0.717, 1.165) is 10.6 Å². The van der Waals surface area contributed by atoms with Crippen molar-refractivity contribution in [3.8, 4) is 0 Å². The Morgan fingerprint density at radius 1 is 1.04 bits per heavy atom. The SMILES string of the molecule is CSc1ccccc1NC(=O)[C@H](C)N1CCN(C(=O)c2ccccc2Cl)CC1. The molecular weight excluding hydrogens is 394 g/mol. The fourth-order valence-electron chi connectivity index (χ4n) is 3.27. The standard InChI is InChI=1S/C21H24ClN3O2S/c1-15(20(26)23-18-9-5-6-10-19(18)28-2)24-11-13-25(14-12-24)21(27)16-7-3-4-8-17(16)22/h3-10,15H,11-14H2,1-2H3,(H,23,26)/t15-/m0/s1. The third kappa shape index (κ3) is 4.69. The molecule has 1 fully saturated rings. The van der Waals surface area contributed by atoms with Gasteiger partial charge in [-0.2, -0.15) is 0 Å².